The molecule has 180 valence electrons. The first kappa shape index (κ1) is 22.4. The van der Waals surface area contributed by atoms with Crippen molar-refractivity contribution in [1.82, 2.24) is 5.32 Å². The summed E-state index contributed by atoms with van der Waals surface area (Å²) in [5, 5.41) is 14.5. The first-order valence-electron chi connectivity index (χ1n) is 10.9. The fraction of sp³-hybridized carbons (Fsp3) is 0.455. The number of nitro groups is 1. The number of cyclic esters (lactones) is 1. The molecule has 1 aromatic heterocycles. The second-order valence-corrected chi connectivity index (χ2v) is 9.79. The van der Waals surface area contributed by atoms with Crippen molar-refractivity contribution in [2.75, 3.05) is 42.6 Å². The van der Waals surface area contributed by atoms with Gasteiger partial charge >= 0.3 is 11.1 Å². The van der Waals surface area contributed by atoms with E-state index in [1.807, 2.05) is 0 Å². The van der Waals surface area contributed by atoms with Crippen LogP contribution in [0.5, 0.6) is 5.75 Å². The van der Waals surface area contributed by atoms with Crippen LogP contribution in [0.3, 0.4) is 0 Å². The van der Waals surface area contributed by atoms with Crippen molar-refractivity contribution in [2.45, 2.75) is 13.0 Å². The zero-order valence-electron chi connectivity index (χ0n) is 18.3. The van der Waals surface area contributed by atoms with E-state index < -0.39 is 18.0 Å². The molecule has 2 saturated heterocycles. The van der Waals surface area contributed by atoms with Crippen LogP contribution in [0, 0.1) is 33.7 Å². The topological polar surface area (TPSA) is 114 Å². The minimum atomic E-state index is -0.588. The Hall–Kier alpha value is -3.41. The maximum atomic E-state index is 14.7. The van der Waals surface area contributed by atoms with Gasteiger partial charge in [0.05, 0.1) is 35.3 Å². The van der Waals surface area contributed by atoms with Gasteiger partial charge in [0, 0.05) is 38.1 Å². The Bertz CT molecular complexity index is 1130. The minimum absolute atomic E-state index is 0.127. The van der Waals surface area contributed by atoms with Gasteiger partial charge in [-0.15, -0.1) is 0 Å². The van der Waals surface area contributed by atoms with Crippen molar-refractivity contribution in [3.8, 4) is 5.75 Å². The van der Waals surface area contributed by atoms with E-state index >= 15 is 0 Å². The molecule has 3 heterocycles. The number of nitrogens with zero attached hydrogens (tertiary/aromatic N) is 3. The number of thiophene rings is 1. The predicted molar refractivity (Wildman–Crippen MR) is 122 cm³/mol. The second-order valence-electron chi connectivity index (χ2n) is 8.74. The van der Waals surface area contributed by atoms with Crippen LogP contribution in [0.25, 0.3) is 0 Å². The number of ether oxygens (including phenoxy) is 2. The molecule has 12 heteroatoms. The first-order chi connectivity index (χ1) is 16.3. The van der Waals surface area contributed by atoms with Crippen LogP contribution >= 0.6 is 11.3 Å². The van der Waals surface area contributed by atoms with E-state index in [0.717, 1.165) is 18.1 Å². The van der Waals surface area contributed by atoms with Gasteiger partial charge < -0.3 is 19.7 Å². The van der Waals surface area contributed by atoms with Crippen molar-refractivity contribution in [3.05, 3.63) is 46.3 Å². The maximum Gasteiger partial charge on any atom is 0.414 e. The van der Waals surface area contributed by atoms with Crippen LogP contribution < -0.4 is 19.9 Å². The lowest BCUT2D eigenvalue weighted by atomic mass is 10.2. The Labute approximate surface area is 198 Å². The van der Waals surface area contributed by atoms with E-state index in [1.165, 1.54) is 41.4 Å². The van der Waals surface area contributed by atoms with Crippen LogP contribution in [0.15, 0.2) is 30.3 Å². The van der Waals surface area contributed by atoms with Crippen LogP contribution in [0.1, 0.15) is 6.92 Å². The van der Waals surface area contributed by atoms with Crippen LogP contribution in [-0.2, 0) is 9.53 Å². The van der Waals surface area contributed by atoms with E-state index in [2.05, 4.69) is 10.2 Å². The molecule has 1 aromatic carbocycles. The number of piperidine rings is 1. The molecule has 1 saturated carbocycles. The Morgan fingerprint density at radius 2 is 2.06 bits per heavy atom. The van der Waals surface area contributed by atoms with Gasteiger partial charge in [-0.25, -0.2) is 9.18 Å². The van der Waals surface area contributed by atoms with Gasteiger partial charge in [-0.05, 0) is 41.4 Å². The molecule has 3 aliphatic rings. The van der Waals surface area contributed by atoms with Crippen molar-refractivity contribution >= 4 is 39.0 Å². The Kier molecular flexibility index (Phi) is 5.76. The van der Waals surface area contributed by atoms with E-state index in [1.54, 1.807) is 12.1 Å². The van der Waals surface area contributed by atoms with Crippen molar-refractivity contribution in [3.63, 3.8) is 0 Å². The lowest BCUT2D eigenvalue weighted by Crippen LogP contribution is -2.33. The number of benzene rings is 1. The molecule has 2 aliphatic heterocycles. The molecule has 34 heavy (non-hydrogen) atoms. The highest BCUT2D eigenvalue weighted by atomic mass is 32.1. The van der Waals surface area contributed by atoms with E-state index in [-0.39, 0.29) is 34.7 Å². The Balaban J connectivity index is 1.12. The lowest BCUT2D eigenvalue weighted by molar-refractivity contribution is -0.380. The third-order valence-electron chi connectivity index (χ3n) is 6.55. The molecule has 10 nitrogen and oxygen atoms in total. The molecule has 2 amide bonds. The van der Waals surface area contributed by atoms with Crippen molar-refractivity contribution in [1.29, 1.82) is 0 Å². The third kappa shape index (κ3) is 4.37. The monoisotopic (exact) mass is 490 g/mol. The standard InChI is InChI=1S/C22H23FN4O6S/c1-12(28)24-7-14-8-26(22(29)33-14)13-2-3-19(18(23)6-13)32-11-17-15-9-25(10-16(15)17)20-4-5-21(34-20)27(30)31/h2-6,14-17H,7-11H2,1H3,(H,24,28)/t14-,15-,16?,17+/m0/s1. The quantitative estimate of drug-likeness (QED) is 0.447. The summed E-state index contributed by atoms with van der Waals surface area (Å²) in [6.45, 7) is 3.82. The molecule has 2 aromatic rings. The van der Waals surface area contributed by atoms with Gasteiger partial charge in [-0.3, -0.25) is 19.8 Å². The number of halogens is 1. The van der Waals surface area contributed by atoms with Gasteiger partial charge in [0.1, 0.15) is 6.10 Å². The third-order valence-corrected chi connectivity index (χ3v) is 7.65. The van der Waals surface area contributed by atoms with Crippen LogP contribution in [0.2, 0.25) is 0 Å². The molecule has 1 unspecified atom stereocenters. The number of fused-ring (bicyclic) bond motifs is 1. The van der Waals surface area contributed by atoms with E-state index in [0.29, 0.717) is 30.0 Å². The summed E-state index contributed by atoms with van der Waals surface area (Å²) in [7, 11) is 0. The number of amides is 2. The molecule has 0 radical (unpaired) electrons. The molecule has 0 bridgehead atoms. The number of hydrogen-bond donors (Lipinski definition) is 1. The summed E-state index contributed by atoms with van der Waals surface area (Å²) >= 11 is 1.18. The normalized spacial score (nSPS) is 25.2. The number of nitrogens with one attached hydrogen (secondary N) is 1. The Morgan fingerprint density at radius 1 is 1.29 bits per heavy atom. The predicted octanol–water partition coefficient (Wildman–Crippen LogP) is 3.02. The smallest absolute Gasteiger partial charge is 0.414 e. The second kappa shape index (κ2) is 8.75. The fourth-order valence-electron chi connectivity index (χ4n) is 4.72. The zero-order valence-corrected chi connectivity index (χ0v) is 19.1. The molecule has 0 spiro atoms. The highest BCUT2D eigenvalue weighted by molar-refractivity contribution is 7.19. The summed E-state index contributed by atoms with van der Waals surface area (Å²) in [4.78, 5) is 37.2. The number of carbonyl (C=O) groups is 2. The summed E-state index contributed by atoms with van der Waals surface area (Å²) in [5.74, 6) is 0.543. The van der Waals surface area contributed by atoms with Gasteiger partial charge in [-0.1, -0.05) is 0 Å². The van der Waals surface area contributed by atoms with Gasteiger partial charge in [0.2, 0.25) is 5.91 Å². The van der Waals surface area contributed by atoms with Gasteiger partial charge in [0.15, 0.2) is 11.6 Å². The Morgan fingerprint density at radius 3 is 2.71 bits per heavy atom. The van der Waals surface area contributed by atoms with Gasteiger partial charge in [-0.2, -0.15) is 0 Å². The van der Waals surface area contributed by atoms with Crippen LogP contribution in [0.4, 0.5) is 24.9 Å². The molecular formula is C22H23FN4O6S. The average molecular weight is 491 g/mol. The van der Waals surface area contributed by atoms with E-state index in [9.17, 15) is 24.1 Å². The number of carbonyl (C=O) groups excluding carboxylic acids is 2. The summed E-state index contributed by atoms with van der Waals surface area (Å²) in [6, 6.07) is 7.68. The fourth-order valence-corrected chi connectivity index (χ4v) is 5.56. The largest absolute Gasteiger partial charge is 0.490 e. The number of rotatable bonds is 8. The molecule has 3 fully saturated rings. The maximum absolute atomic E-state index is 14.7. The first-order valence-corrected chi connectivity index (χ1v) is 11.8. The lowest BCUT2D eigenvalue weighted by Gasteiger charge is -2.20. The van der Waals surface area contributed by atoms with Crippen molar-refractivity contribution in [2.24, 2.45) is 17.8 Å². The molecule has 5 rings (SSSR count). The minimum Gasteiger partial charge on any atom is -0.490 e. The zero-order chi connectivity index (χ0) is 24.0. The molecule has 1 aliphatic carbocycles. The molecular weight excluding hydrogens is 467 g/mol. The van der Waals surface area contributed by atoms with Gasteiger partial charge in [0.25, 0.3) is 0 Å². The highest BCUT2D eigenvalue weighted by Gasteiger charge is 2.56. The summed E-state index contributed by atoms with van der Waals surface area (Å²) in [6.07, 6.45) is -1.08. The number of hydrogen-bond acceptors (Lipinski definition) is 8. The SMILES string of the molecule is CC(=O)NC[C@H]1CN(c2ccc(OC[C@H]3C4CN(c5ccc([N+](=O)[O-])s5)C[C@@H]43)c(F)c2)C(=O)O1. The van der Waals surface area contributed by atoms with Crippen LogP contribution in [-0.4, -0.2) is 55.8 Å². The molecule has 4 atom stereocenters. The average Bonchev–Trinajstić information content (AvgIpc) is 3.26. The molecule has 1 N–H and O–H groups in total. The summed E-state index contributed by atoms with van der Waals surface area (Å²) in [5.41, 5.74) is 0.365. The summed E-state index contributed by atoms with van der Waals surface area (Å²) < 4.78 is 25.6. The number of anilines is 2. The van der Waals surface area contributed by atoms with E-state index in [4.69, 9.17) is 9.47 Å². The van der Waals surface area contributed by atoms with Crippen molar-refractivity contribution < 1.29 is 28.4 Å². The highest BCUT2D eigenvalue weighted by Crippen LogP contribution is 2.53.